The predicted molar refractivity (Wildman–Crippen MR) is 75.2 cm³/mol. The molecule has 1 aromatic carbocycles. The molecule has 1 saturated heterocycles. The Kier molecular flexibility index (Phi) is 3.52. The smallest absolute Gasteiger partial charge is 0.327 e. The van der Waals surface area contributed by atoms with Gasteiger partial charge in [0.15, 0.2) is 6.04 Å². The minimum absolute atomic E-state index is 0.623. The third kappa shape index (κ3) is 2.44. The standard InChI is InChI=1S/C15H17N3O2/c19-15(20)13(18-8-4-5-9-18)12-10-16-14(17-12)11-6-2-1-3-7-11/h1-3,6-7,10,13H,4-5,8-9H2,(H,16,17)(H,19,20). The molecule has 2 heterocycles. The zero-order valence-corrected chi connectivity index (χ0v) is 11.1. The second kappa shape index (κ2) is 5.46. The van der Waals surface area contributed by atoms with Crippen LogP contribution in [0.5, 0.6) is 0 Å². The van der Waals surface area contributed by atoms with Crippen LogP contribution in [0, 0.1) is 0 Å². The second-order valence-corrected chi connectivity index (χ2v) is 5.04. The summed E-state index contributed by atoms with van der Waals surface area (Å²) in [6.07, 6.45) is 3.76. The molecule has 0 bridgehead atoms. The number of carbonyl (C=O) groups is 1. The molecule has 1 aliphatic rings. The molecule has 20 heavy (non-hydrogen) atoms. The fraction of sp³-hybridized carbons (Fsp3) is 0.333. The molecule has 1 atom stereocenters. The van der Waals surface area contributed by atoms with E-state index < -0.39 is 12.0 Å². The Labute approximate surface area is 117 Å². The summed E-state index contributed by atoms with van der Waals surface area (Å²) in [5, 5.41) is 9.48. The number of rotatable bonds is 4. The third-order valence-corrected chi connectivity index (χ3v) is 3.68. The summed E-state index contributed by atoms with van der Waals surface area (Å²) < 4.78 is 0. The number of hydrogen-bond donors (Lipinski definition) is 2. The molecular weight excluding hydrogens is 254 g/mol. The number of H-pyrrole nitrogens is 1. The van der Waals surface area contributed by atoms with Gasteiger partial charge in [0.1, 0.15) is 5.82 Å². The normalized spacial score (nSPS) is 17.2. The number of hydrogen-bond acceptors (Lipinski definition) is 3. The van der Waals surface area contributed by atoms with Gasteiger partial charge in [0.05, 0.1) is 11.9 Å². The number of aromatic amines is 1. The van der Waals surface area contributed by atoms with E-state index in [0.717, 1.165) is 31.5 Å². The maximum Gasteiger partial charge on any atom is 0.327 e. The van der Waals surface area contributed by atoms with Crippen LogP contribution in [0.2, 0.25) is 0 Å². The summed E-state index contributed by atoms with van der Waals surface area (Å²) in [7, 11) is 0. The monoisotopic (exact) mass is 271 g/mol. The van der Waals surface area contributed by atoms with Crippen molar-refractivity contribution in [3.8, 4) is 11.4 Å². The second-order valence-electron chi connectivity index (χ2n) is 5.04. The molecule has 5 heteroatoms. The lowest BCUT2D eigenvalue weighted by atomic mass is 10.2. The lowest BCUT2D eigenvalue weighted by Crippen LogP contribution is -2.31. The van der Waals surface area contributed by atoms with Gasteiger partial charge in [0, 0.05) is 5.56 Å². The highest BCUT2D eigenvalue weighted by Gasteiger charge is 2.30. The largest absolute Gasteiger partial charge is 0.480 e. The van der Waals surface area contributed by atoms with Gasteiger partial charge in [0.25, 0.3) is 0 Å². The van der Waals surface area contributed by atoms with Crippen LogP contribution in [-0.4, -0.2) is 39.0 Å². The van der Waals surface area contributed by atoms with Crippen molar-refractivity contribution in [1.82, 2.24) is 14.9 Å². The number of carboxylic acid groups (broad SMARTS) is 1. The maximum atomic E-state index is 11.5. The molecule has 5 nitrogen and oxygen atoms in total. The van der Waals surface area contributed by atoms with Crippen molar-refractivity contribution >= 4 is 5.97 Å². The molecule has 1 aliphatic heterocycles. The van der Waals surface area contributed by atoms with Gasteiger partial charge in [-0.25, -0.2) is 4.98 Å². The van der Waals surface area contributed by atoms with Gasteiger partial charge in [-0.1, -0.05) is 30.3 Å². The molecule has 0 radical (unpaired) electrons. The van der Waals surface area contributed by atoms with Gasteiger partial charge < -0.3 is 10.1 Å². The molecule has 1 aromatic heterocycles. The predicted octanol–water partition coefficient (Wildman–Crippen LogP) is 2.30. The highest BCUT2D eigenvalue weighted by molar-refractivity contribution is 5.75. The van der Waals surface area contributed by atoms with E-state index in [1.54, 1.807) is 6.20 Å². The average molecular weight is 271 g/mol. The van der Waals surface area contributed by atoms with Crippen molar-refractivity contribution in [2.24, 2.45) is 0 Å². The van der Waals surface area contributed by atoms with Crippen molar-refractivity contribution in [1.29, 1.82) is 0 Å². The van der Waals surface area contributed by atoms with Crippen LogP contribution in [0.3, 0.4) is 0 Å². The molecule has 2 N–H and O–H groups in total. The average Bonchev–Trinajstić information content (AvgIpc) is 3.12. The van der Waals surface area contributed by atoms with E-state index in [1.165, 1.54) is 0 Å². The van der Waals surface area contributed by atoms with Crippen LogP contribution in [0.1, 0.15) is 24.6 Å². The van der Waals surface area contributed by atoms with E-state index in [9.17, 15) is 9.90 Å². The summed E-state index contributed by atoms with van der Waals surface area (Å²) in [5.41, 5.74) is 1.61. The summed E-state index contributed by atoms with van der Waals surface area (Å²) in [5.74, 6) is -0.110. The molecule has 104 valence electrons. The first-order chi connectivity index (χ1) is 9.75. The number of benzene rings is 1. The van der Waals surface area contributed by atoms with E-state index in [2.05, 4.69) is 9.97 Å². The number of likely N-dealkylation sites (tertiary alicyclic amines) is 1. The molecule has 0 aliphatic carbocycles. The highest BCUT2D eigenvalue weighted by atomic mass is 16.4. The minimum atomic E-state index is -0.824. The zero-order valence-electron chi connectivity index (χ0n) is 11.1. The Morgan fingerprint density at radius 1 is 1.25 bits per heavy atom. The summed E-state index contributed by atoms with van der Waals surface area (Å²) in [6, 6.07) is 9.10. The fourth-order valence-corrected chi connectivity index (χ4v) is 2.70. The molecule has 1 fully saturated rings. The van der Waals surface area contributed by atoms with Gasteiger partial charge in [-0.2, -0.15) is 0 Å². The van der Waals surface area contributed by atoms with Gasteiger partial charge in [-0.05, 0) is 25.9 Å². The zero-order chi connectivity index (χ0) is 13.9. The lowest BCUT2D eigenvalue weighted by molar-refractivity contribution is -0.143. The molecule has 1 unspecified atom stereocenters. The van der Waals surface area contributed by atoms with Crippen molar-refractivity contribution < 1.29 is 9.90 Å². The third-order valence-electron chi connectivity index (χ3n) is 3.68. The highest BCUT2D eigenvalue weighted by Crippen LogP contribution is 2.26. The van der Waals surface area contributed by atoms with Crippen molar-refractivity contribution in [3.05, 3.63) is 42.2 Å². The molecule has 0 spiro atoms. The Bertz CT molecular complexity index is 588. The van der Waals surface area contributed by atoms with Crippen LogP contribution in [0.25, 0.3) is 11.4 Å². The van der Waals surface area contributed by atoms with Crippen LogP contribution < -0.4 is 0 Å². The number of aliphatic carboxylic acids is 1. The Morgan fingerprint density at radius 2 is 1.95 bits per heavy atom. The maximum absolute atomic E-state index is 11.5. The summed E-state index contributed by atoms with van der Waals surface area (Å²) in [6.45, 7) is 1.66. The first-order valence-electron chi connectivity index (χ1n) is 6.83. The molecular formula is C15H17N3O2. The van der Waals surface area contributed by atoms with Gasteiger partial charge in [-0.15, -0.1) is 0 Å². The van der Waals surface area contributed by atoms with E-state index in [0.29, 0.717) is 11.5 Å². The molecule has 3 rings (SSSR count). The lowest BCUT2D eigenvalue weighted by Gasteiger charge is -2.22. The molecule has 0 saturated carbocycles. The van der Waals surface area contributed by atoms with Crippen LogP contribution in [0.15, 0.2) is 36.5 Å². The molecule has 0 amide bonds. The first kappa shape index (κ1) is 12.9. The summed E-state index contributed by atoms with van der Waals surface area (Å²) >= 11 is 0. The SMILES string of the molecule is O=C(O)C(c1cnc(-c2ccccc2)[nH]1)N1CCCC1. The van der Waals surface area contributed by atoms with Crippen molar-refractivity contribution in [2.45, 2.75) is 18.9 Å². The number of imidazole rings is 1. The fourth-order valence-electron chi connectivity index (χ4n) is 2.70. The summed E-state index contributed by atoms with van der Waals surface area (Å²) in [4.78, 5) is 21.0. The number of carboxylic acids is 1. The van der Waals surface area contributed by atoms with Crippen LogP contribution in [0.4, 0.5) is 0 Å². The molecule has 2 aromatic rings. The Hall–Kier alpha value is -2.14. The van der Waals surface area contributed by atoms with Gasteiger partial charge in [0.2, 0.25) is 0 Å². The van der Waals surface area contributed by atoms with Crippen molar-refractivity contribution in [2.75, 3.05) is 13.1 Å². The van der Waals surface area contributed by atoms with Gasteiger partial charge in [-0.3, -0.25) is 9.69 Å². The van der Waals surface area contributed by atoms with Crippen LogP contribution >= 0.6 is 0 Å². The van der Waals surface area contributed by atoms with Crippen molar-refractivity contribution in [3.63, 3.8) is 0 Å². The Balaban J connectivity index is 1.89. The number of nitrogens with zero attached hydrogens (tertiary/aromatic N) is 2. The first-order valence-corrected chi connectivity index (χ1v) is 6.83. The van der Waals surface area contributed by atoms with Gasteiger partial charge >= 0.3 is 5.97 Å². The Morgan fingerprint density at radius 3 is 2.60 bits per heavy atom. The quantitative estimate of drug-likeness (QED) is 0.895. The van der Waals surface area contributed by atoms with E-state index in [-0.39, 0.29) is 0 Å². The minimum Gasteiger partial charge on any atom is -0.480 e. The van der Waals surface area contributed by atoms with E-state index in [4.69, 9.17) is 0 Å². The van der Waals surface area contributed by atoms with E-state index >= 15 is 0 Å². The van der Waals surface area contributed by atoms with E-state index in [1.807, 2.05) is 35.2 Å². The number of aromatic nitrogens is 2. The van der Waals surface area contributed by atoms with Crippen LogP contribution in [-0.2, 0) is 4.79 Å². The number of nitrogens with one attached hydrogen (secondary N) is 1. The topological polar surface area (TPSA) is 69.2 Å².